The number of rotatable bonds is 7. The Morgan fingerprint density at radius 3 is 2.30 bits per heavy atom. The van der Waals surface area contributed by atoms with Gasteiger partial charge in [-0.2, -0.15) is 0 Å². The normalized spacial score (nSPS) is 13.7. The third-order valence-corrected chi connectivity index (χ3v) is 5.83. The molecule has 4 rings (SSSR count). The van der Waals surface area contributed by atoms with E-state index < -0.39 is 0 Å². The Morgan fingerprint density at radius 1 is 0.939 bits per heavy atom. The molecule has 33 heavy (non-hydrogen) atoms. The highest BCUT2D eigenvalue weighted by molar-refractivity contribution is 6.30. The first-order valence-electron chi connectivity index (χ1n) is 11.0. The number of hydrogen-bond donors (Lipinski definition) is 0. The molecule has 172 valence electrons. The standard InChI is InChI=1S/C26H26ClFN2O3/c1-2-32-25-12-3-19(17-20(25)18-33-24-10-4-21(27)5-11-24)26(31)30-15-13-29(14-16-30)23-8-6-22(28)7-9-23/h3-12,17H,2,13-16,18H2,1H3. The van der Waals surface area contributed by atoms with E-state index in [9.17, 15) is 9.18 Å². The van der Waals surface area contributed by atoms with Crippen molar-refractivity contribution in [2.45, 2.75) is 13.5 Å². The van der Waals surface area contributed by atoms with Crippen LogP contribution in [0.3, 0.4) is 0 Å². The van der Waals surface area contributed by atoms with Gasteiger partial charge in [0.2, 0.25) is 0 Å². The molecule has 0 atom stereocenters. The van der Waals surface area contributed by atoms with Crippen LogP contribution in [0.25, 0.3) is 0 Å². The molecule has 5 nitrogen and oxygen atoms in total. The first-order chi connectivity index (χ1) is 16.0. The van der Waals surface area contributed by atoms with Gasteiger partial charge in [-0.05, 0) is 73.7 Å². The molecule has 7 heteroatoms. The molecule has 0 spiro atoms. The van der Waals surface area contributed by atoms with Gasteiger partial charge in [-0.3, -0.25) is 4.79 Å². The Balaban J connectivity index is 1.43. The van der Waals surface area contributed by atoms with Crippen LogP contribution in [0.5, 0.6) is 11.5 Å². The number of piperazine rings is 1. The number of halogens is 2. The number of anilines is 1. The molecule has 1 fully saturated rings. The second-order valence-electron chi connectivity index (χ2n) is 7.75. The van der Waals surface area contributed by atoms with Crippen molar-refractivity contribution in [3.05, 3.63) is 88.7 Å². The molecule has 0 aliphatic carbocycles. The Bertz CT molecular complexity index is 1080. The van der Waals surface area contributed by atoms with Gasteiger partial charge in [0.05, 0.1) is 6.61 Å². The van der Waals surface area contributed by atoms with Crippen LogP contribution < -0.4 is 14.4 Å². The van der Waals surface area contributed by atoms with Crippen LogP contribution in [0.4, 0.5) is 10.1 Å². The summed E-state index contributed by atoms with van der Waals surface area (Å²) < 4.78 is 24.8. The lowest BCUT2D eigenvalue weighted by Crippen LogP contribution is -2.48. The van der Waals surface area contributed by atoms with Crippen molar-refractivity contribution in [3.8, 4) is 11.5 Å². The topological polar surface area (TPSA) is 42.0 Å². The maximum atomic E-state index is 13.2. The van der Waals surface area contributed by atoms with E-state index in [0.29, 0.717) is 54.9 Å². The molecule has 1 aliphatic rings. The molecule has 0 saturated carbocycles. The SMILES string of the molecule is CCOc1ccc(C(=O)N2CCN(c3ccc(F)cc3)CC2)cc1COc1ccc(Cl)cc1. The largest absolute Gasteiger partial charge is 0.493 e. The lowest BCUT2D eigenvalue weighted by molar-refractivity contribution is 0.0746. The summed E-state index contributed by atoms with van der Waals surface area (Å²) in [6.45, 7) is 5.30. The minimum absolute atomic E-state index is 0.0236. The molecule has 3 aromatic carbocycles. The molecule has 0 radical (unpaired) electrons. The van der Waals surface area contributed by atoms with E-state index >= 15 is 0 Å². The minimum Gasteiger partial charge on any atom is -0.493 e. The van der Waals surface area contributed by atoms with Gasteiger partial charge in [0.15, 0.2) is 0 Å². The van der Waals surface area contributed by atoms with Crippen molar-refractivity contribution in [2.75, 3.05) is 37.7 Å². The van der Waals surface area contributed by atoms with E-state index in [1.807, 2.05) is 24.0 Å². The average Bonchev–Trinajstić information content (AvgIpc) is 2.85. The number of ether oxygens (including phenoxy) is 2. The summed E-state index contributed by atoms with van der Waals surface area (Å²) in [5, 5.41) is 0.643. The molecular formula is C26H26ClFN2O3. The molecule has 0 aromatic heterocycles. The Hall–Kier alpha value is -3.25. The van der Waals surface area contributed by atoms with Crippen LogP contribution in [0, 0.1) is 5.82 Å². The quantitative estimate of drug-likeness (QED) is 0.464. The number of hydrogen-bond acceptors (Lipinski definition) is 4. The minimum atomic E-state index is -0.251. The second kappa shape index (κ2) is 10.6. The zero-order chi connectivity index (χ0) is 23.2. The number of nitrogens with zero attached hydrogens (tertiary/aromatic N) is 2. The van der Waals surface area contributed by atoms with Crippen LogP contribution >= 0.6 is 11.6 Å². The van der Waals surface area contributed by atoms with Crippen LogP contribution in [0.1, 0.15) is 22.8 Å². The van der Waals surface area contributed by atoms with Gasteiger partial charge in [0, 0.05) is 48.0 Å². The van der Waals surface area contributed by atoms with Gasteiger partial charge >= 0.3 is 0 Å². The van der Waals surface area contributed by atoms with Crippen LogP contribution in [-0.2, 0) is 6.61 Å². The Labute approximate surface area is 198 Å². The van der Waals surface area contributed by atoms with Crippen molar-refractivity contribution >= 4 is 23.2 Å². The predicted molar refractivity (Wildman–Crippen MR) is 128 cm³/mol. The summed E-state index contributed by atoms with van der Waals surface area (Å²) >= 11 is 5.94. The maximum Gasteiger partial charge on any atom is 0.253 e. The van der Waals surface area contributed by atoms with Crippen molar-refractivity contribution in [2.24, 2.45) is 0 Å². The zero-order valence-corrected chi connectivity index (χ0v) is 19.2. The van der Waals surface area contributed by atoms with Gasteiger partial charge in [-0.1, -0.05) is 11.6 Å². The van der Waals surface area contributed by atoms with E-state index in [1.165, 1.54) is 12.1 Å². The Kier molecular flexibility index (Phi) is 7.35. The fourth-order valence-electron chi connectivity index (χ4n) is 3.82. The van der Waals surface area contributed by atoms with Gasteiger partial charge in [-0.15, -0.1) is 0 Å². The first kappa shape index (κ1) is 22.9. The van der Waals surface area contributed by atoms with Crippen molar-refractivity contribution < 1.29 is 18.7 Å². The maximum absolute atomic E-state index is 13.2. The number of benzene rings is 3. The lowest BCUT2D eigenvalue weighted by atomic mass is 10.1. The smallest absolute Gasteiger partial charge is 0.253 e. The van der Waals surface area contributed by atoms with E-state index in [1.54, 1.807) is 42.5 Å². The highest BCUT2D eigenvalue weighted by Gasteiger charge is 2.23. The highest BCUT2D eigenvalue weighted by Crippen LogP contribution is 2.25. The summed E-state index contributed by atoms with van der Waals surface area (Å²) in [4.78, 5) is 17.2. The molecule has 0 unspecified atom stereocenters. The summed E-state index contributed by atoms with van der Waals surface area (Å²) in [5.74, 6) is 1.11. The van der Waals surface area contributed by atoms with Crippen molar-refractivity contribution in [1.29, 1.82) is 0 Å². The summed E-state index contributed by atoms with van der Waals surface area (Å²) in [6, 6.07) is 19.1. The predicted octanol–water partition coefficient (Wildman–Crippen LogP) is 5.42. The third-order valence-electron chi connectivity index (χ3n) is 5.57. The van der Waals surface area contributed by atoms with Gasteiger partial charge in [-0.25, -0.2) is 4.39 Å². The second-order valence-corrected chi connectivity index (χ2v) is 8.19. The molecule has 1 saturated heterocycles. The van der Waals surface area contributed by atoms with Gasteiger partial charge < -0.3 is 19.3 Å². The molecule has 0 bridgehead atoms. The third kappa shape index (κ3) is 5.76. The summed E-state index contributed by atoms with van der Waals surface area (Å²) in [7, 11) is 0. The molecule has 0 N–H and O–H groups in total. The monoisotopic (exact) mass is 468 g/mol. The van der Waals surface area contributed by atoms with Gasteiger partial charge in [0.25, 0.3) is 5.91 Å². The number of carbonyl (C=O) groups excluding carboxylic acids is 1. The van der Waals surface area contributed by atoms with Crippen molar-refractivity contribution in [3.63, 3.8) is 0 Å². The summed E-state index contributed by atoms with van der Waals surface area (Å²) in [6.07, 6.45) is 0. The number of amides is 1. The average molecular weight is 469 g/mol. The van der Waals surface area contributed by atoms with Crippen molar-refractivity contribution in [1.82, 2.24) is 4.90 Å². The first-order valence-corrected chi connectivity index (χ1v) is 11.3. The summed E-state index contributed by atoms with van der Waals surface area (Å²) in [5.41, 5.74) is 2.37. The van der Waals surface area contributed by atoms with Crippen LogP contribution in [0.2, 0.25) is 5.02 Å². The van der Waals surface area contributed by atoms with Crippen LogP contribution in [-0.4, -0.2) is 43.6 Å². The molecule has 1 amide bonds. The molecule has 1 heterocycles. The molecule has 1 aliphatic heterocycles. The zero-order valence-electron chi connectivity index (χ0n) is 18.5. The van der Waals surface area contributed by atoms with E-state index in [-0.39, 0.29) is 18.3 Å². The number of carbonyl (C=O) groups is 1. The highest BCUT2D eigenvalue weighted by atomic mass is 35.5. The van der Waals surface area contributed by atoms with E-state index in [4.69, 9.17) is 21.1 Å². The molecular weight excluding hydrogens is 443 g/mol. The lowest BCUT2D eigenvalue weighted by Gasteiger charge is -2.36. The molecule has 3 aromatic rings. The van der Waals surface area contributed by atoms with E-state index in [2.05, 4.69) is 4.90 Å². The fourth-order valence-corrected chi connectivity index (χ4v) is 3.94. The van der Waals surface area contributed by atoms with Gasteiger partial charge in [0.1, 0.15) is 23.9 Å². The fraction of sp³-hybridized carbons (Fsp3) is 0.269. The van der Waals surface area contributed by atoms with Crippen LogP contribution in [0.15, 0.2) is 66.7 Å². The Morgan fingerprint density at radius 2 is 1.64 bits per heavy atom. The van der Waals surface area contributed by atoms with E-state index in [0.717, 1.165) is 11.3 Å².